The molecule has 10 heteroatoms. The van der Waals surface area contributed by atoms with Crippen molar-refractivity contribution in [1.82, 2.24) is 0 Å². The molecule has 0 spiro atoms. The minimum absolute atomic E-state index is 0.00555. The summed E-state index contributed by atoms with van der Waals surface area (Å²) >= 11 is -1.73. The molecule has 1 aromatic carbocycles. The fourth-order valence-electron chi connectivity index (χ4n) is 1.86. The number of hydrogen-bond donors (Lipinski definition) is 1. The van der Waals surface area contributed by atoms with Crippen molar-refractivity contribution in [3.8, 4) is 0 Å². The lowest BCUT2D eigenvalue weighted by atomic mass is 10.0. The minimum atomic E-state index is -5.01. The number of benzene rings is 1. The second-order valence-electron chi connectivity index (χ2n) is 8.05. The smallest absolute Gasteiger partial charge is 0.419 e. The van der Waals surface area contributed by atoms with Crippen LogP contribution in [0.5, 0.6) is 0 Å². The topological polar surface area (TPSA) is 73.8 Å². The van der Waals surface area contributed by atoms with Crippen LogP contribution in [0.4, 0.5) is 28.0 Å². The molecule has 1 rings (SSSR count). The molecule has 28 heavy (non-hydrogen) atoms. The van der Waals surface area contributed by atoms with Crippen molar-refractivity contribution in [1.29, 1.82) is 0 Å². The summed E-state index contributed by atoms with van der Waals surface area (Å²) in [5, 5.41) is 1.99. The largest absolute Gasteiger partial charge is 0.591 e. The quantitative estimate of drug-likeness (QED) is 0.398. The van der Waals surface area contributed by atoms with Crippen LogP contribution in [0.25, 0.3) is 0 Å². The van der Waals surface area contributed by atoms with E-state index in [1.165, 1.54) is 6.92 Å². The molecule has 1 aromatic rings. The summed E-state index contributed by atoms with van der Waals surface area (Å²) in [6.45, 7) is 11.0. The summed E-state index contributed by atoms with van der Waals surface area (Å²) in [6.07, 6.45) is -6.11. The number of ether oxygens (including phenoxy) is 1. The van der Waals surface area contributed by atoms with E-state index < -0.39 is 51.0 Å². The third-order valence-corrected chi connectivity index (χ3v) is 4.66. The summed E-state index contributed by atoms with van der Waals surface area (Å²) < 4.78 is 74.4. The maximum atomic E-state index is 14.4. The van der Waals surface area contributed by atoms with Crippen LogP contribution in [-0.4, -0.2) is 26.7 Å². The SMILES string of the molecule is CC(=N[S@+]([O-])C(C)(C)C)c1cc(NC(=O)OC(C)(C)C)c(F)c(C(F)(F)F)c1. The highest BCUT2D eigenvalue weighted by Gasteiger charge is 2.37. The van der Waals surface area contributed by atoms with Crippen molar-refractivity contribution in [2.24, 2.45) is 4.40 Å². The first kappa shape index (κ1) is 24.2. The van der Waals surface area contributed by atoms with Crippen LogP contribution in [0.2, 0.25) is 0 Å². The molecule has 1 atom stereocenters. The number of amides is 1. The monoisotopic (exact) mass is 424 g/mol. The predicted octanol–water partition coefficient (Wildman–Crippen LogP) is 5.46. The fraction of sp³-hybridized carbons (Fsp3) is 0.556. The molecule has 0 radical (unpaired) electrons. The molecule has 0 unspecified atom stereocenters. The average molecular weight is 424 g/mol. The lowest BCUT2D eigenvalue weighted by molar-refractivity contribution is -0.139. The molecule has 0 saturated carbocycles. The van der Waals surface area contributed by atoms with Gasteiger partial charge in [-0.25, -0.2) is 9.18 Å². The number of rotatable bonds is 3. The standard InChI is InChI=1S/C18H24F4N2O3S/c1-10(24-28(26)17(5,6)7)11-8-12(18(20,21)22)14(19)13(9-11)23-15(25)27-16(2,3)4/h8-9H,1-7H3,(H,23,25)/t28-/m1/s1. The van der Waals surface area contributed by atoms with Gasteiger partial charge in [-0.05, 0) is 60.6 Å². The number of hydrogen-bond acceptors (Lipinski definition) is 4. The van der Waals surface area contributed by atoms with Crippen LogP contribution >= 0.6 is 0 Å². The van der Waals surface area contributed by atoms with E-state index in [0.717, 1.165) is 6.07 Å². The Morgan fingerprint density at radius 1 is 1.14 bits per heavy atom. The molecule has 0 fully saturated rings. The van der Waals surface area contributed by atoms with E-state index in [9.17, 15) is 26.9 Å². The van der Waals surface area contributed by atoms with Gasteiger partial charge in [0, 0.05) is 5.56 Å². The first-order valence-corrected chi connectivity index (χ1v) is 9.41. The molecule has 1 amide bonds. The van der Waals surface area contributed by atoms with E-state index in [1.807, 2.05) is 5.32 Å². The van der Waals surface area contributed by atoms with Crippen LogP contribution < -0.4 is 5.32 Å². The molecule has 0 heterocycles. The van der Waals surface area contributed by atoms with Crippen molar-refractivity contribution in [2.75, 3.05) is 5.32 Å². The van der Waals surface area contributed by atoms with E-state index in [1.54, 1.807) is 41.5 Å². The summed E-state index contributed by atoms with van der Waals surface area (Å²) in [6, 6.07) is 1.56. The van der Waals surface area contributed by atoms with Gasteiger partial charge in [-0.2, -0.15) is 13.2 Å². The van der Waals surface area contributed by atoms with Gasteiger partial charge in [-0.3, -0.25) is 5.32 Å². The molecular weight excluding hydrogens is 400 g/mol. The summed E-state index contributed by atoms with van der Waals surface area (Å²) in [5.74, 6) is -1.65. The Morgan fingerprint density at radius 2 is 1.68 bits per heavy atom. The maximum Gasteiger partial charge on any atom is 0.419 e. The van der Waals surface area contributed by atoms with Gasteiger partial charge in [-0.1, -0.05) is 4.40 Å². The van der Waals surface area contributed by atoms with Crippen LogP contribution in [0.1, 0.15) is 59.6 Å². The Bertz CT molecular complexity index is 766. The Morgan fingerprint density at radius 3 is 2.11 bits per heavy atom. The minimum Gasteiger partial charge on any atom is -0.591 e. The number of carbonyl (C=O) groups is 1. The van der Waals surface area contributed by atoms with E-state index >= 15 is 0 Å². The molecule has 0 aromatic heterocycles. The zero-order chi connectivity index (χ0) is 22.1. The summed E-state index contributed by atoms with van der Waals surface area (Å²) in [4.78, 5) is 11.9. The molecule has 5 nitrogen and oxygen atoms in total. The van der Waals surface area contributed by atoms with Gasteiger partial charge >= 0.3 is 12.3 Å². The molecular formula is C18H24F4N2O3S. The maximum absolute atomic E-state index is 14.4. The Kier molecular flexibility index (Phi) is 7.17. The zero-order valence-electron chi connectivity index (χ0n) is 16.7. The molecule has 0 aliphatic carbocycles. The van der Waals surface area contributed by atoms with Gasteiger partial charge in [-0.15, -0.1) is 0 Å². The first-order valence-electron chi connectivity index (χ1n) is 8.30. The van der Waals surface area contributed by atoms with Gasteiger partial charge in [0.05, 0.1) is 17.0 Å². The predicted molar refractivity (Wildman–Crippen MR) is 101 cm³/mol. The van der Waals surface area contributed by atoms with Crippen LogP contribution in [0.15, 0.2) is 16.5 Å². The van der Waals surface area contributed by atoms with E-state index in [4.69, 9.17) is 4.74 Å². The second kappa shape index (κ2) is 8.28. The number of nitrogens with zero attached hydrogens (tertiary/aromatic N) is 1. The number of carbonyl (C=O) groups excluding carboxylic acids is 1. The Balaban J connectivity index is 3.44. The summed E-state index contributed by atoms with van der Waals surface area (Å²) in [7, 11) is 0. The van der Waals surface area contributed by atoms with E-state index in [0.29, 0.717) is 6.07 Å². The lowest BCUT2D eigenvalue weighted by Crippen LogP contribution is -2.28. The third-order valence-electron chi connectivity index (χ3n) is 3.18. The van der Waals surface area contributed by atoms with Crippen molar-refractivity contribution in [2.45, 2.75) is 65.0 Å². The van der Waals surface area contributed by atoms with Crippen molar-refractivity contribution < 1.29 is 31.6 Å². The van der Waals surface area contributed by atoms with Gasteiger partial charge in [0.1, 0.15) is 21.7 Å². The first-order chi connectivity index (χ1) is 12.4. The molecule has 0 bridgehead atoms. The van der Waals surface area contributed by atoms with Gasteiger partial charge < -0.3 is 9.29 Å². The van der Waals surface area contributed by atoms with E-state index in [-0.39, 0.29) is 11.3 Å². The molecule has 0 aliphatic heterocycles. The van der Waals surface area contributed by atoms with Crippen molar-refractivity contribution in [3.05, 3.63) is 29.1 Å². The van der Waals surface area contributed by atoms with Gasteiger partial charge in [0.25, 0.3) is 0 Å². The van der Waals surface area contributed by atoms with Crippen LogP contribution in [-0.2, 0) is 22.3 Å². The van der Waals surface area contributed by atoms with Crippen LogP contribution in [0, 0.1) is 5.82 Å². The Labute approximate surface area is 164 Å². The number of halogens is 4. The Hall–Kier alpha value is -1.81. The number of nitrogens with one attached hydrogen (secondary N) is 1. The summed E-state index contributed by atoms with van der Waals surface area (Å²) in [5.41, 5.74) is -3.34. The highest BCUT2D eigenvalue weighted by molar-refractivity contribution is 7.91. The van der Waals surface area contributed by atoms with Gasteiger partial charge in [0.2, 0.25) is 0 Å². The number of anilines is 1. The third kappa shape index (κ3) is 6.97. The highest BCUT2D eigenvalue weighted by atomic mass is 32.2. The van der Waals surface area contributed by atoms with Crippen molar-refractivity contribution in [3.63, 3.8) is 0 Å². The van der Waals surface area contributed by atoms with E-state index in [2.05, 4.69) is 4.40 Å². The molecule has 0 saturated heterocycles. The zero-order valence-corrected chi connectivity index (χ0v) is 17.6. The van der Waals surface area contributed by atoms with Crippen molar-refractivity contribution >= 4 is 28.9 Å². The van der Waals surface area contributed by atoms with Gasteiger partial charge in [0.15, 0.2) is 5.82 Å². The normalized spacial score (nSPS) is 14.6. The second-order valence-corrected chi connectivity index (χ2v) is 9.95. The lowest BCUT2D eigenvalue weighted by Gasteiger charge is -2.21. The fourth-order valence-corrected chi connectivity index (χ4v) is 2.49. The molecule has 1 N–H and O–H groups in total. The average Bonchev–Trinajstić information content (AvgIpc) is 2.44. The van der Waals surface area contributed by atoms with Crippen LogP contribution in [0.3, 0.4) is 0 Å². The number of alkyl halides is 3. The highest BCUT2D eigenvalue weighted by Crippen LogP contribution is 2.35. The molecule has 158 valence electrons. The molecule has 0 aliphatic rings.